The van der Waals surface area contributed by atoms with Crippen LogP contribution in [0.1, 0.15) is 183 Å². The Labute approximate surface area is 299 Å². The minimum absolute atomic E-state index is 0.100. The molecule has 0 saturated heterocycles. The van der Waals surface area contributed by atoms with Crippen molar-refractivity contribution in [2.45, 2.75) is 201 Å². The van der Waals surface area contributed by atoms with Crippen molar-refractivity contribution in [3.8, 4) is 0 Å². The zero-order valence-corrected chi connectivity index (χ0v) is 33.1. The van der Waals surface area contributed by atoms with Gasteiger partial charge in [-0.15, -0.1) is 0 Å². The fourth-order valence-electron chi connectivity index (χ4n) is 6.53. The van der Waals surface area contributed by atoms with E-state index in [4.69, 9.17) is 18.9 Å². The van der Waals surface area contributed by atoms with Crippen molar-refractivity contribution in [2.24, 2.45) is 11.8 Å². The highest BCUT2D eigenvalue weighted by molar-refractivity contribution is 4.67. The Morgan fingerprint density at radius 2 is 0.896 bits per heavy atom. The fraction of sp³-hybridized carbons (Fsp3) is 1.00. The molecule has 0 spiro atoms. The van der Waals surface area contributed by atoms with Gasteiger partial charge in [0.05, 0.1) is 19.3 Å². The van der Waals surface area contributed by atoms with Gasteiger partial charge in [0, 0.05) is 26.4 Å². The monoisotopic (exact) mass is 688 g/mol. The van der Waals surface area contributed by atoms with E-state index in [0.29, 0.717) is 18.4 Å². The van der Waals surface area contributed by atoms with Crippen molar-refractivity contribution < 1.29 is 29.2 Å². The topological polar surface area (TPSA) is 80.6 Å². The normalized spacial score (nSPS) is 12.9. The molecule has 0 fully saturated rings. The molecule has 0 aromatic heterocycles. The summed E-state index contributed by atoms with van der Waals surface area (Å²) in [7, 11) is 0. The van der Waals surface area contributed by atoms with E-state index in [1.54, 1.807) is 0 Å². The zero-order chi connectivity index (χ0) is 35.5. The van der Waals surface area contributed by atoms with Gasteiger partial charge in [-0.1, -0.05) is 86.5 Å². The lowest BCUT2D eigenvalue weighted by Crippen LogP contribution is -2.34. The summed E-state index contributed by atoms with van der Waals surface area (Å²) in [5, 5.41) is 20.3. The number of aliphatic hydroxyl groups is 2. The maximum atomic E-state index is 11.1. The van der Waals surface area contributed by atoms with Crippen molar-refractivity contribution in [3.63, 3.8) is 0 Å². The standard InChI is InChI=1S/C41H85NO6/c1-7-13-32-45-40(46-33-14-8-2)28-18-20-30-42(29-19-15-21-31-43)34-39(44)26-16-17-27-41(47-35-37(22-9-3)23-10-4)48-36-38(24-11-5)25-12-6/h37-41,43-44H,7-36H2,1-6H3/t39-/m1/s1. The Kier molecular flexibility index (Phi) is 36.3. The summed E-state index contributed by atoms with van der Waals surface area (Å²) in [6, 6.07) is 0. The smallest absolute Gasteiger partial charge is 0.157 e. The number of ether oxygens (including phenoxy) is 4. The number of hydrogen-bond donors (Lipinski definition) is 2. The van der Waals surface area contributed by atoms with Gasteiger partial charge in [0.25, 0.3) is 0 Å². The highest BCUT2D eigenvalue weighted by Crippen LogP contribution is 2.20. The molecule has 1 atom stereocenters. The summed E-state index contributed by atoms with van der Waals surface area (Å²) in [5.74, 6) is 1.23. The van der Waals surface area contributed by atoms with Crippen LogP contribution in [0.4, 0.5) is 0 Å². The quantitative estimate of drug-likeness (QED) is 0.0492. The second kappa shape index (κ2) is 36.5. The summed E-state index contributed by atoms with van der Waals surface area (Å²) in [4.78, 5) is 2.44. The van der Waals surface area contributed by atoms with E-state index in [0.717, 1.165) is 129 Å². The van der Waals surface area contributed by atoms with Crippen molar-refractivity contribution in [3.05, 3.63) is 0 Å². The highest BCUT2D eigenvalue weighted by atomic mass is 16.7. The van der Waals surface area contributed by atoms with E-state index < -0.39 is 0 Å². The van der Waals surface area contributed by atoms with Crippen LogP contribution in [-0.2, 0) is 18.9 Å². The molecular weight excluding hydrogens is 602 g/mol. The molecule has 7 nitrogen and oxygen atoms in total. The molecule has 0 aliphatic heterocycles. The van der Waals surface area contributed by atoms with E-state index in [9.17, 15) is 10.2 Å². The SMILES string of the molecule is CCCCOC(CCCCN(CCCCCO)C[C@H](O)CCCCC(OCC(CCC)CCC)OCC(CCC)CCC)OCCCC. The van der Waals surface area contributed by atoms with Crippen molar-refractivity contribution in [1.82, 2.24) is 4.90 Å². The van der Waals surface area contributed by atoms with Gasteiger partial charge < -0.3 is 34.1 Å². The molecule has 0 amide bonds. The summed E-state index contributed by atoms with van der Waals surface area (Å²) in [6.45, 7) is 19.5. The molecule has 48 heavy (non-hydrogen) atoms. The maximum absolute atomic E-state index is 11.1. The van der Waals surface area contributed by atoms with Crippen molar-refractivity contribution in [2.75, 3.05) is 52.7 Å². The summed E-state index contributed by atoms with van der Waals surface area (Å²) < 4.78 is 25.0. The third-order valence-corrected chi connectivity index (χ3v) is 9.42. The maximum Gasteiger partial charge on any atom is 0.157 e. The molecule has 0 rings (SSSR count). The largest absolute Gasteiger partial charge is 0.396 e. The minimum atomic E-state index is -0.331. The third kappa shape index (κ3) is 29.5. The van der Waals surface area contributed by atoms with E-state index in [1.807, 2.05) is 0 Å². The molecule has 0 aliphatic rings. The Hall–Kier alpha value is -0.280. The van der Waals surface area contributed by atoms with Gasteiger partial charge in [-0.3, -0.25) is 0 Å². The minimum Gasteiger partial charge on any atom is -0.396 e. The molecule has 7 heteroatoms. The number of aliphatic hydroxyl groups excluding tert-OH is 2. The van der Waals surface area contributed by atoms with E-state index in [1.165, 1.54) is 51.4 Å². The molecule has 0 aromatic rings. The molecular formula is C41H85NO6. The first-order valence-corrected chi connectivity index (χ1v) is 20.9. The van der Waals surface area contributed by atoms with Gasteiger partial charge in [-0.05, 0) is 121 Å². The van der Waals surface area contributed by atoms with Crippen LogP contribution in [0, 0.1) is 11.8 Å². The van der Waals surface area contributed by atoms with Crippen LogP contribution in [0.25, 0.3) is 0 Å². The van der Waals surface area contributed by atoms with E-state index in [2.05, 4.69) is 46.4 Å². The Morgan fingerprint density at radius 1 is 0.458 bits per heavy atom. The van der Waals surface area contributed by atoms with Gasteiger partial charge in [-0.25, -0.2) is 0 Å². The average Bonchev–Trinajstić information content (AvgIpc) is 3.07. The third-order valence-electron chi connectivity index (χ3n) is 9.42. The lowest BCUT2D eigenvalue weighted by Gasteiger charge is -2.26. The number of nitrogens with zero attached hydrogens (tertiary/aromatic N) is 1. The highest BCUT2D eigenvalue weighted by Gasteiger charge is 2.18. The van der Waals surface area contributed by atoms with Gasteiger partial charge in [0.1, 0.15) is 0 Å². The van der Waals surface area contributed by atoms with Gasteiger partial charge >= 0.3 is 0 Å². The summed E-state index contributed by atoms with van der Waals surface area (Å²) >= 11 is 0. The van der Waals surface area contributed by atoms with Gasteiger partial charge in [0.2, 0.25) is 0 Å². The molecule has 0 aromatic carbocycles. The Balaban J connectivity index is 4.91. The molecule has 0 aliphatic carbocycles. The lowest BCUT2D eigenvalue weighted by atomic mass is 9.99. The number of rotatable bonds is 39. The van der Waals surface area contributed by atoms with Crippen LogP contribution in [0.2, 0.25) is 0 Å². The second-order valence-electron chi connectivity index (χ2n) is 14.4. The summed E-state index contributed by atoms with van der Waals surface area (Å²) in [6.07, 6.45) is 23.2. The average molecular weight is 688 g/mol. The predicted octanol–water partition coefficient (Wildman–Crippen LogP) is 10.3. The molecule has 2 N–H and O–H groups in total. The van der Waals surface area contributed by atoms with Crippen LogP contribution in [0.15, 0.2) is 0 Å². The van der Waals surface area contributed by atoms with Crippen LogP contribution in [0.5, 0.6) is 0 Å². The lowest BCUT2D eigenvalue weighted by molar-refractivity contribution is -0.162. The predicted molar refractivity (Wildman–Crippen MR) is 204 cm³/mol. The first-order chi connectivity index (χ1) is 23.5. The second-order valence-corrected chi connectivity index (χ2v) is 14.4. The first kappa shape index (κ1) is 47.7. The molecule has 0 unspecified atom stereocenters. The van der Waals surface area contributed by atoms with Crippen LogP contribution in [-0.4, -0.2) is 86.5 Å². The summed E-state index contributed by atoms with van der Waals surface area (Å²) in [5.41, 5.74) is 0. The zero-order valence-electron chi connectivity index (χ0n) is 33.1. The fourth-order valence-corrected chi connectivity index (χ4v) is 6.53. The van der Waals surface area contributed by atoms with Crippen molar-refractivity contribution >= 4 is 0 Å². The van der Waals surface area contributed by atoms with Gasteiger partial charge in [-0.2, -0.15) is 0 Å². The molecule has 0 heterocycles. The molecule has 0 bridgehead atoms. The van der Waals surface area contributed by atoms with Gasteiger partial charge in [0.15, 0.2) is 12.6 Å². The van der Waals surface area contributed by atoms with Crippen LogP contribution >= 0.6 is 0 Å². The number of unbranched alkanes of at least 4 members (excludes halogenated alkanes) is 6. The van der Waals surface area contributed by atoms with E-state index >= 15 is 0 Å². The number of hydrogen-bond acceptors (Lipinski definition) is 7. The molecule has 290 valence electrons. The Morgan fingerprint density at radius 3 is 1.35 bits per heavy atom. The Bertz CT molecular complexity index is 584. The molecule has 0 saturated carbocycles. The molecule has 0 radical (unpaired) electrons. The van der Waals surface area contributed by atoms with Crippen molar-refractivity contribution in [1.29, 1.82) is 0 Å². The first-order valence-electron chi connectivity index (χ1n) is 20.9. The van der Waals surface area contributed by atoms with Crippen LogP contribution < -0.4 is 0 Å². The van der Waals surface area contributed by atoms with Crippen LogP contribution in [0.3, 0.4) is 0 Å². The van der Waals surface area contributed by atoms with E-state index in [-0.39, 0.29) is 25.3 Å².